The summed E-state index contributed by atoms with van der Waals surface area (Å²) >= 11 is 0. The van der Waals surface area contributed by atoms with Crippen molar-refractivity contribution in [2.45, 2.75) is 13.5 Å². The number of rotatable bonds is 6. The molecule has 5 heteroatoms. The number of aliphatic hydroxyl groups excluding tert-OH is 1. The second-order valence-electron chi connectivity index (χ2n) is 5.85. The third kappa shape index (κ3) is 2.90. The van der Waals surface area contributed by atoms with E-state index in [1.165, 1.54) is 16.3 Å². The zero-order chi connectivity index (χ0) is 16.4. The van der Waals surface area contributed by atoms with Gasteiger partial charge < -0.3 is 19.3 Å². The summed E-state index contributed by atoms with van der Waals surface area (Å²) in [5.74, 6) is 0.857. The summed E-state index contributed by atoms with van der Waals surface area (Å²) in [6.07, 6.45) is 1.86. The quantitative estimate of drug-likeness (QED) is 0.759. The Labute approximate surface area is 136 Å². The first-order chi connectivity index (χ1) is 11.2. The van der Waals surface area contributed by atoms with E-state index in [4.69, 9.17) is 9.84 Å². The Morgan fingerprint density at radius 1 is 1.22 bits per heavy atom. The normalized spacial score (nSPS) is 11.7. The van der Waals surface area contributed by atoms with Crippen LogP contribution in [0, 0.1) is 6.92 Å². The van der Waals surface area contributed by atoms with Gasteiger partial charge in [-0.05, 0) is 32.2 Å². The number of likely N-dealkylation sites (N-methyl/N-ethyl adjacent to an activating group) is 1. The number of ether oxygens (including phenoxy) is 1. The van der Waals surface area contributed by atoms with Crippen LogP contribution in [0.3, 0.4) is 0 Å². The summed E-state index contributed by atoms with van der Waals surface area (Å²) in [5.41, 5.74) is 3.36. The SMILES string of the molecule is COc1ccc2c3ccnc(C)c3n(CCN(C)CCO)c2c1. The zero-order valence-corrected chi connectivity index (χ0v) is 13.9. The van der Waals surface area contributed by atoms with Gasteiger partial charge in [0.25, 0.3) is 0 Å². The Balaban J connectivity index is 2.14. The number of aryl methyl sites for hydroxylation is 1. The van der Waals surface area contributed by atoms with Crippen molar-refractivity contribution in [3.05, 3.63) is 36.2 Å². The van der Waals surface area contributed by atoms with Crippen LogP contribution in [0.25, 0.3) is 21.8 Å². The van der Waals surface area contributed by atoms with Crippen molar-refractivity contribution < 1.29 is 9.84 Å². The van der Waals surface area contributed by atoms with Gasteiger partial charge >= 0.3 is 0 Å². The Hall–Kier alpha value is -2.11. The first-order valence-electron chi connectivity index (χ1n) is 7.86. The number of nitrogens with zero attached hydrogens (tertiary/aromatic N) is 3. The molecule has 0 saturated heterocycles. The van der Waals surface area contributed by atoms with E-state index >= 15 is 0 Å². The molecular weight excluding hydrogens is 290 g/mol. The summed E-state index contributed by atoms with van der Waals surface area (Å²) in [5, 5.41) is 11.5. The molecule has 0 fully saturated rings. The molecule has 0 bridgehead atoms. The maximum Gasteiger partial charge on any atom is 0.120 e. The fourth-order valence-corrected chi connectivity index (χ4v) is 3.11. The summed E-state index contributed by atoms with van der Waals surface area (Å²) in [7, 11) is 3.71. The van der Waals surface area contributed by atoms with Gasteiger partial charge in [0.2, 0.25) is 0 Å². The van der Waals surface area contributed by atoms with E-state index < -0.39 is 0 Å². The second kappa shape index (κ2) is 6.56. The molecule has 2 heterocycles. The van der Waals surface area contributed by atoms with Crippen molar-refractivity contribution in [2.24, 2.45) is 0 Å². The van der Waals surface area contributed by atoms with Crippen LogP contribution in [0.1, 0.15) is 5.69 Å². The number of benzene rings is 1. The third-order valence-corrected chi connectivity index (χ3v) is 4.35. The van der Waals surface area contributed by atoms with Crippen LogP contribution >= 0.6 is 0 Å². The highest BCUT2D eigenvalue weighted by atomic mass is 16.5. The Kier molecular flexibility index (Phi) is 4.50. The molecule has 0 amide bonds. The van der Waals surface area contributed by atoms with Gasteiger partial charge in [0.1, 0.15) is 5.75 Å². The van der Waals surface area contributed by atoms with Crippen LogP contribution in [-0.2, 0) is 6.54 Å². The highest BCUT2D eigenvalue weighted by molar-refractivity contribution is 6.09. The van der Waals surface area contributed by atoms with Crippen LogP contribution in [0.2, 0.25) is 0 Å². The molecule has 0 unspecified atom stereocenters. The topological polar surface area (TPSA) is 50.5 Å². The highest BCUT2D eigenvalue weighted by Gasteiger charge is 2.14. The molecule has 3 aromatic rings. The second-order valence-corrected chi connectivity index (χ2v) is 5.85. The number of methoxy groups -OCH3 is 1. The number of fused-ring (bicyclic) bond motifs is 3. The molecule has 0 aliphatic heterocycles. The van der Waals surface area contributed by atoms with Gasteiger partial charge in [0.15, 0.2) is 0 Å². The van der Waals surface area contributed by atoms with Gasteiger partial charge in [0, 0.05) is 42.7 Å². The van der Waals surface area contributed by atoms with E-state index in [0.717, 1.165) is 30.0 Å². The molecular formula is C18H23N3O2. The minimum Gasteiger partial charge on any atom is -0.497 e. The van der Waals surface area contributed by atoms with Gasteiger partial charge in [-0.2, -0.15) is 0 Å². The van der Waals surface area contributed by atoms with Crippen LogP contribution in [0.15, 0.2) is 30.5 Å². The van der Waals surface area contributed by atoms with E-state index in [2.05, 4.69) is 32.7 Å². The molecule has 0 radical (unpaired) electrons. The smallest absolute Gasteiger partial charge is 0.120 e. The first-order valence-corrected chi connectivity index (χ1v) is 7.86. The van der Waals surface area contributed by atoms with E-state index in [9.17, 15) is 0 Å². The minimum atomic E-state index is 0.179. The van der Waals surface area contributed by atoms with Crippen LogP contribution in [0.5, 0.6) is 5.75 Å². The molecule has 122 valence electrons. The van der Waals surface area contributed by atoms with E-state index in [0.29, 0.717) is 6.54 Å². The van der Waals surface area contributed by atoms with Crippen molar-refractivity contribution in [2.75, 3.05) is 33.9 Å². The summed E-state index contributed by atoms with van der Waals surface area (Å²) < 4.78 is 7.70. The summed E-state index contributed by atoms with van der Waals surface area (Å²) in [6.45, 7) is 4.61. The Bertz CT molecular complexity index is 826. The molecule has 0 aliphatic rings. The van der Waals surface area contributed by atoms with E-state index in [-0.39, 0.29) is 6.61 Å². The molecule has 5 nitrogen and oxygen atoms in total. The Morgan fingerprint density at radius 2 is 2.04 bits per heavy atom. The maximum absolute atomic E-state index is 9.07. The predicted octanol–water partition coefficient (Wildman–Crippen LogP) is 2.43. The average Bonchev–Trinajstić information content (AvgIpc) is 2.87. The number of pyridine rings is 1. The predicted molar refractivity (Wildman–Crippen MR) is 93.1 cm³/mol. The average molecular weight is 313 g/mol. The standard InChI is InChI=1S/C18H23N3O2/c1-13-18-16(6-7-19-13)15-5-4-14(23-3)12-17(15)21(18)9-8-20(2)10-11-22/h4-7,12,22H,8-11H2,1-3H3. The van der Waals surface area contributed by atoms with Crippen LogP contribution in [0.4, 0.5) is 0 Å². The largest absolute Gasteiger partial charge is 0.497 e. The number of aliphatic hydroxyl groups is 1. The van der Waals surface area contributed by atoms with Gasteiger partial charge in [-0.25, -0.2) is 0 Å². The van der Waals surface area contributed by atoms with Crippen LogP contribution < -0.4 is 4.74 Å². The molecule has 23 heavy (non-hydrogen) atoms. The molecule has 0 aliphatic carbocycles. The van der Waals surface area contributed by atoms with Crippen molar-refractivity contribution in [1.82, 2.24) is 14.5 Å². The lowest BCUT2D eigenvalue weighted by Crippen LogP contribution is -2.26. The summed E-state index contributed by atoms with van der Waals surface area (Å²) in [6, 6.07) is 8.27. The molecule has 2 aromatic heterocycles. The molecule has 3 rings (SSSR count). The van der Waals surface area contributed by atoms with Crippen molar-refractivity contribution >= 4 is 21.8 Å². The minimum absolute atomic E-state index is 0.179. The molecule has 0 atom stereocenters. The van der Waals surface area contributed by atoms with E-state index in [1.54, 1.807) is 7.11 Å². The number of aromatic nitrogens is 2. The number of hydrogen-bond acceptors (Lipinski definition) is 4. The maximum atomic E-state index is 9.07. The van der Waals surface area contributed by atoms with Crippen molar-refractivity contribution in [1.29, 1.82) is 0 Å². The van der Waals surface area contributed by atoms with Gasteiger partial charge in [-0.1, -0.05) is 0 Å². The molecule has 0 saturated carbocycles. The van der Waals surface area contributed by atoms with Gasteiger partial charge in [0.05, 0.1) is 30.4 Å². The molecule has 1 N–H and O–H groups in total. The zero-order valence-electron chi connectivity index (χ0n) is 13.9. The van der Waals surface area contributed by atoms with Gasteiger partial charge in [-0.3, -0.25) is 4.98 Å². The third-order valence-electron chi connectivity index (χ3n) is 4.35. The number of hydrogen-bond donors (Lipinski definition) is 1. The molecule has 1 aromatic carbocycles. The van der Waals surface area contributed by atoms with Crippen molar-refractivity contribution in [3.63, 3.8) is 0 Å². The van der Waals surface area contributed by atoms with Gasteiger partial charge in [-0.15, -0.1) is 0 Å². The first kappa shape index (κ1) is 15.8. The summed E-state index contributed by atoms with van der Waals surface area (Å²) in [4.78, 5) is 6.59. The fourth-order valence-electron chi connectivity index (χ4n) is 3.11. The van der Waals surface area contributed by atoms with Crippen molar-refractivity contribution in [3.8, 4) is 5.75 Å². The van der Waals surface area contributed by atoms with E-state index in [1.807, 2.05) is 26.2 Å². The lowest BCUT2D eigenvalue weighted by atomic mass is 10.1. The highest BCUT2D eigenvalue weighted by Crippen LogP contribution is 2.32. The monoisotopic (exact) mass is 313 g/mol. The Morgan fingerprint density at radius 3 is 2.78 bits per heavy atom. The molecule has 0 spiro atoms. The lowest BCUT2D eigenvalue weighted by Gasteiger charge is -2.17. The lowest BCUT2D eigenvalue weighted by molar-refractivity contribution is 0.218. The fraction of sp³-hybridized carbons (Fsp3) is 0.389. The van der Waals surface area contributed by atoms with Crippen LogP contribution in [-0.4, -0.2) is 53.4 Å².